The van der Waals surface area contributed by atoms with Crippen LogP contribution in [-0.2, 0) is 9.59 Å². The summed E-state index contributed by atoms with van der Waals surface area (Å²) in [6.45, 7) is 0. The summed E-state index contributed by atoms with van der Waals surface area (Å²) < 4.78 is 0. The zero-order valence-electron chi connectivity index (χ0n) is 11.5. The number of imide groups is 1. The van der Waals surface area contributed by atoms with Crippen molar-refractivity contribution in [1.82, 2.24) is 0 Å². The first-order chi connectivity index (χ1) is 10.6. The monoisotopic (exact) mass is 316 g/mol. The van der Waals surface area contributed by atoms with E-state index in [0.29, 0.717) is 16.4 Å². The number of anilines is 2. The normalized spacial score (nSPS) is 17.9. The van der Waals surface area contributed by atoms with Gasteiger partial charge in [0.05, 0.1) is 17.8 Å². The molecular formula is C16H13ClN2O3. The Morgan fingerprint density at radius 1 is 1.09 bits per heavy atom. The van der Waals surface area contributed by atoms with E-state index in [4.69, 9.17) is 11.6 Å². The molecule has 3 rings (SSSR count). The van der Waals surface area contributed by atoms with Gasteiger partial charge in [0.1, 0.15) is 6.04 Å². The number of halogens is 1. The molecular weight excluding hydrogens is 304 g/mol. The van der Waals surface area contributed by atoms with Crippen LogP contribution in [0.4, 0.5) is 11.4 Å². The quantitative estimate of drug-likeness (QED) is 0.698. The average Bonchev–Trinajstić information content (AvgIpc) is 2.82. The second kappa shape index (κ2) is 5.79. The molecule has 1 saturated heterocycles. The number of nitrogens with zero attached hydrogens (tertiary/aromatic N) is 2. The van der Waals surface area contributed by atoms with Crippen LogP contribution in [0.2, 0.25) is 5.02 Å². The molecule has 0 spiro atoms. The smallest absolute Gasteiger partial charge is 0.259 e. The van der Waals surface area contributed by atoms with E-state index in [2.05, 4.69) is 0 Å². The highest BCUT2D eigenvalue weighted by molar-refractivity contribution is 6.31. The summed E-state index contributed by atoms with van der Waals surface area (Å²) in [7, 11) is 0. The molecule has 1 heterocycles. The largest absolute Gasteiger partial charge is 0.288 e. The van der Waals surface area contributed by atoms with Gasteiger partial charge in [0, 0.05) is 5.02 Å². The molecule has 1 fully saturated rings. The van der Waals surface area contributed by atoms with Crippen molar-refractivity contribution in [2.75, 3.05) is 9.96 Å². The van der Waals surface area contributed by atoms with Crippen molar-refractivity contribution in [2.24, 2.45) is 0 Å². The molecule has 1 atom stereocenters. The number of hydrogen-bond acceptors (Lipinski definition) is 4. The zero-order chi connectivity index (χ0) is 15.7. The number of hydrogen-bond donors (Lipinski definition) is 1. The second-order valence-corrected chi connectivity index (χ2v) is 5.38. The molecule has 2 amide bonds. The summed E-state index contributed by atoms with van der Waals surface area (Å²) in [5, 5.41) is 11.5. The molecule has 22 heavy (non-hydrogen) atoms. The van der Waals surface area contributed by atoms with Crippen molar-refractivity contribution in [3.8, 4) is 0 Å². The minimum absolute atomic E-state index is 0.0866. The lowest BCUT2D eigenvalue weighted by atomic mass is 10.2. The molecule has 1 aliphatic heterocycles. The number of para-hydroxylation sites is 1. The van der Waals surface area contributed by atoms with Crippen LogP contribution in [0, 0.1) is 0 Å². The fourth-order valence-corrected chi connectivity index (χ4v) is 2.64. The number of rotatable bonds is 3. The minimum atomic E-state index is -0.936. The van der Waals surface area contributed by atoms with Crippen molar-refractivity contribution >= 4 is 34.8 Å². The summed E-state index contributed by atoms with van der Waals surface area (Å²) >= 11 is 5.90. The Balaban J connectivity index is 1.89. The highest BCUT2D eigenvalue weighted by Crippen LogP contribution is 2.28. The third kappa shape index (κ3) is 2.56. The van der Waals surface area contributed by atoms with Crippen molar-refractivity contribution in [3.05, 3.63) is 59.6 Å². The van der Waals surface area contributed by atoms with E-state index in [1.54, 1.807) is 54.6 Å². The van der Waals surface area contributed by atoms with Crippen LogP contribution >= 0.6 is 11.6 Å². The summed E-state index contributed by atoms with van der Waals surface area (Å²) in [6.07, 6.45) is -0.0866. The molecule has 0 aromatic heterocycles. The van der Waals surface area contributed by atoms with Gasteiger partial charge < -0.3 is 0 Å². The van der Waals surface area contributed by atoms with E-state index in [1.165, 1.54) is 0 Å². The van der Waals surface area contributed by atoms with Crippen LogP contribution in [0.3, 0.4) is 0 Å². The predicted molar refractivity (Wildman–Crippen MR) is 83.1 cm³/mol. The standard InChI is InChI=1S/C16H13ClN2O3/c17-11-5-4-8-13(9-11)18-15(20)10-14(16(18)21)19(22)12-6-2-1-3-7-12/h1-9,14,22H,10H2/t14-/m1/s1. The number of carbonyl (C=O) groups is 2. The van der Waals surface area contributed by atoms with Crippen LogP contribution in [0.1, 0.15) is 6.42 Å². The number of hydroxylamine groups is 1. The molecule has 0 radical (unpaired) electrons. The van der Waals surface area contributed by atoms with Crippen molar-refractivity contribution in [3.63, 3.8) is 0 Å². The third-order valence-electron chi connectivity index (χ3n) is 3.51. The van der Waals surface area contributed by atoms with Gasteiger partial charge >= 0.3 is 0 Å². The highest BCUT2D eigenvalue weighted by atomic mass is 35.5. The Hall–Kier alpha value is -2.37. The van der Waals surface area contributed by atoms with Crippen molar-refractivity contribution in [2.45, 2.75) is 12.5 Å². The minimum Gasteiger partial charge on any atom is -0.288 e. The first-order valence-electron chi connectivity index (χ1n) is 6.73. The van der Waals surface area contributed by atoms with Crippen LogP contribution in [0.15, 0.2) is 54.6 Å². The van der Waals surface area contributed by atoms with Gasteiger partial charge in [-0.1, -0.05) is 35.9 Å². The molecule has 112 valence electrons. The zero-order valence-corrected chi connectivity index (χ0v) is 12.3. The second-order valence-electron chi connectivity index (χ2n) is 4.95. The maximum absolute atomic E-state index is 12.5. The van der Waals surface area contributed by atoms with E-state index in [0.717, 1.165) is 9.96 Å². The van der Waals surface area contributed by atoms with Gasteiger partial charge in [-0.2, -0.15) is 0 Å². The lowest BCUT2D eigenvalue weighted by molar-refractivity contribution is -0.121. The summed E-state index contributed by atoms with van der Waals surface area (Å²) in [6, 6.07) is 14.2. The fourth-order valence-electron chi connectivity index (χ4n) is 2.45. The number of amides is 2. The van der Waals surface area contributed by atoms with E-state index in [-0.39, 0.29) is 12.3 Å². The molecule has 0 bridgehead atoms. The topological polar surface area (TPSA) is 60.9 Å². The number of benzene rings is 2. The maximum Gasteiger partial charge on any atom is 0.259 e. The summed E-state index contributed by atoms with van der Waals surface area (Å²) in [5.41, 5.74) is 0.869. The van der Waals surface area contributed by atoms with Crippen molar-refractivity contribution in [1.29, 1.82) is 0 Å². The molecule has 5 nitrogen and oxygen atoms in total. The molecule has 2 aromatic rings. The fraction of sp³-hybridized carbons (Fsp3) is 0.125. The van der Waals surface area contributed by atoms with Gasteiger partial charge in [-0.15, -0.1) is 0 Å². The highest BCUT2D eigenvalue weighted by Gasteiger charge is 2.43. The van der Waals surface area contributed by atoms with E-state index in [1.807, 2.05) is 0 Å². The SMILES string of the molecule is O=C1C[C@@H](N(O)c2ccccc2)C(=O)N1c1cccc(Cl)c1. The van der Waals surface area contributed by atoms with Crippen LogP contribution in [0.5, 0.6) is 0 Å². The predicted octanol–water partition coefficient (Wildman–Crippen LogP) is 2.87. The number of carbonyl (C=O) groups excluding carboxylic acids is 2. The lowest BCUT2D eigenvalue weighted by Gasteiger charge is -2.22. The van der Waals surface area contributed by atoms with E-state index < -0.39 is 11.9 Å². The molecule has 2 aromatic carbocycles. The molecule has 6 heteroatoms. The van der Waals surface area contributed by atoms with Gasteiger partial charge in [0.2, 0.25) is 5.91 Å². The van der Waals surface area contributed by atoms with Gasteiger partial charge in [0.25, 0.3) is 5.91 Å². The first kappa shape index (κ1) is 14.6. The van der Waals surface area contributed by atoms with Gasteiger partial charge in [-0.3, -0.25) is 14.8 Å². The van der Waals surface area contributed by atoms with Gasteiger partial charge in [-0.05, 0) is 30.3 Å². The average molecular weight is 317 g/mol. The molecule has 1 N–H and O–H groups in total. The summed E-state index contributed by atoms with van der Waals surface area (Å²) in [4.78, 5) is 25.7. The van der Waals surface area contributed by atoms with Crippen molar-refractivity contribution < 1.29 is 14.8 Å². The Morgan fingerprint density at radius 2 is 1.82 bits per heavy atom. The summed E-state index contributed by atoms with van der Waals surface area (Å²) in [5.74, 6) is -0.842. The lowest BCUT2D eigenvalue weighted by Crippen LogP contribution is -2.40. The molecule has 0 saturated carbocycles. The van der Waals surface area contributed by atoms with Crippen LogP contribution in [-0.4, -0.2) is 23.1 Å². The van der Waals surface area contributed by atoms with Crippen LogP contribution < -0.4 is 9.96 Å². The van der Waals surface area contributed by atoms with E-state index in [9.17, 15) is 14.8 Å². The van der Waals surface area contributed by atoms with Crippen LogP contribution in [0.25, 0.3) is 0 Å². The van der Waals surface area contributed by atoms with Gasteiger partial charge in [-0.25, -0.2) is 9.96 Å². The maximum atomic E-state index is 12.5. The Bertz CT molecular complexity index is 720. The Kier molecular flexibility index (Phi) is 3.83. The van der Waals surface area contributed by atoms with Gasteiger partial charge in [0.15, 0.2) is 0 Å². The van der Waals surface area contributed by atoms with E-state index >= 15 is 0 Å². The molecule has 1 aliphatic rings. The molecule has 0 unspecified atom stereocenters. The Labute approximate surface area is 132 Å². The first-order valence-corrected chi connectivity index (χ1v) is 7.11. The Morgan fingerprint density at radius 3 is 2.50 bits per heavy atom. The third-order valence-corrected chi connectivity index (χ3v) is 3.74. The molecule has 0 aliphatic carbocycles.